The highest BCUT2D eigenvalue weighted by Crippen LogP contribution is 2.53. The van der Waals surface area contributed by atoms with Crippen LogP contribution in [-0.4, -0.2) is 11.2 Å². The summed E-state index contributed by atoms with van der Waals surface area (Å²) in [6.45, 7) is 0. The number of benzene rings is 2. The van der Waals surface area contributed by atoms with Gasteiger partial charge in [0, 0.05) is 5.69 Å². The molecule has 0 spiro atoms. The molecule has 2 aromatic carbocycles. The molecule has 126 valence electrons. The number of aliphatic hydroxyl groups excluding tert-OH is 1. The lowest BCUT2D eigenvalue weighted by molar-refractivity contribution is -0.137. The van der Waals surface area contributed by atoms with E-state index in [4.69, 9.17) is 0 Å². The first-order chi connectivity index (χ1) is 11.4. The first kappa shape index (κ1) is 15.5. The van der Waals surface area contributed by atoms with Crippen LogP contribution in [0, 0.1) is 5.92 Å². The zero-order valence-electron chi connectivity index (χ0n) is 12.9. The molecule has 2 aromatic rings. The van der Waals surface area contributed by atoms with Gasteiger partial charge in [-0.25, -0.2) is 0 Å². The Balaban J connectivity index is 1.78. The standard InChI is InChI=1S/C19H18F3NO/c20-19(21,22)12-6-7-17-15(8-12)14-9-13(24)10-16(14)18(23-17)11-4-2-1-3-5-11/h1-8,13-14,16,18,23-24H,9-10H2/t13-,14-,16-,18+/m0/s1. The van der Waals surface area contributed by atoms with Gasteiger partial charge in [0.05, 0.1) is 17.7 Å². The third kappa shape index (κ3) is 2.57. The van der Waals surface area contributed by atoms with Crippen LogP contribution >= 0.6 is 0 Å². The molecular weight excluding hydrogens is 315 g/mol. The Labute approximate surface area is 138 Å². The van der Waals surface area contributed by atoms with Gasteiger partial charge in [0.2, 0.25) is 0 Å². The molecule has 0 unspecified atom stereocenters. The van der Waals surface area contributed by atoms with Crippen molar-refractivity contribution in [1.29, 1.82) is 0 Å². The summed E-state index contributed by atoms with van der Waals surface area (Å²) >= 11 is 0. The van der Waals surface area contributed by atoms with Crippen molar-refractivity contribution in [3.8, 4) is 0 Å². The number of hydrogen-bond donors (Lipinski definition) is 2. The zero-order chi connectivity index (χ0) is 16.9. The number of nitrogens with one attached hydrogen (secondary N) is 1. The highest BCUT2D eigenvalue weighted by Gasteiger charge is 2.44. The molecule has 0 amide bonds. The van der Waals surface area contributed by atoms with E-state index >= 15 is 0 Å². The van der Waals surface area contributed by atoms with E-state index in [1.54, 1.807) is 0 Å². The van der Waals surface area contributed by atoms with Crippen LogP contribution in [-0.2, 0) is 6.18 Å². The van der Waals surface area contributed by atoms with Crippen molar-refractivity contribution in [1.82, 2.24) is 0 Å². The van der Waals surface area contributed by atoms with Crippen molar-refractivity contribution < 1.29 is 18.3 Å². The van der Waals surface area contributed by atoms with Crippen LogP contribution in [0.25, 0.3) is 0 Å². The minimum absolute atomic E-state index is 0.0117. The average Bonchev–Trinajstić information content (AvgIpc) is 2.95. The molecule has 1 aliphatic heterocycles. The summed E-state index contributed by atoms with van der Waals surface area (Å²) in [6.07, 6.45) is -3.69. The minimum Gasteiger partial charge on any atom is -0.393 e. The van der Waals surface area contributed by atoms with Crippen LogP contribution < -0.4 is 5.32 Å². The van der Waals surface area contributed by atoms with Crippen LogP contribution in [0.4, 0.5) is 18.9 Å². The summed E-state index contributed by atoms with van der Waals surface area (Å²) in [4.78, 5) is 0. The molecule has 0 radical (unpaired) electrons. The van der Waals surface area contributed by atoms with Crippen LogP contribution in [0.1, 0.15) is 41.5 Å². The van der Waals surface area contributed by atoms with Gasteiger partial charge in [-0.2, -0.15) is 13.2 Å². The Kier molecular flexibility index (Phi) is 3.57. The first-order valence-corrected chi connectivity index (χ1v) is 8.14. The summed E-state index contributed by atoms with van der Waals surface area (Å²) in [6, 6.07) is 13.8. The number of fused-ring (bicyclic) bond motifs is 3. The summed E-state index contributed by atoms with van der Waals surface area (Å²) in [7, 11) is 0. The molecular formula is C19H18F3NO. The molecule has 2 N–H and O–H groups in total. The summed E-state index contributed by atoms with van der Waals surface area (Å²) in [5.41, 5.74) is 1.90. The van der Waals surface area contributed by atoms with Crippen molar-refractivity contribution >= 4 is 5.69 Å². The predicted molar refractivity (Wildman–Crippen MR) is 85.7 cm³/mol. The van der Waals surface area contributed by atoms with Crippen molar-refractivity contribution in [2.45, 2.75) is 37.1 Å². The highest BCUT2D eigenvalue weighted by atomic mass is 19.4. The van der Waals surface area contributed by atoms with Crippen molar-refractivity contribution in [2.24, 2.45) is 5.92 Å². The van der Waals surface area contributed by atoms with Gasteiger partial charge in [0.15, 0.2) is 0 Å². The largest absolute Gasteiger partial charge is 0.416 e. The van der Waals surface area contributed by atoms with Crippen molar-refractivity contribution in [3.05, 3.63) is 65.2 Å². The highest BCUT2D eigenvalue weighted by molar-refractivity contribution is 5.59. The van der Waals surface area contributed by atoms with Gasteiger partial charge in [0.25, 0.3) is 0 Å². The fourth-order valence-electron chi connectivity index (χ4n) is 4.21. The molecule has 4 rings (SSSR count). The van der Waals surface area contributed by atoms with E-state index < -0.39 is 17.8 Å². The number of alkyl halides is 3. The SMILES string of the molecule is O[C@@H]1C[C@@H]2[C@@H](c3ccccc3)Nc3ccc(C(F)(F)F)cc3[C@@H]2C1. The van der Waals surface area contributed by atoms with Crippen LogP contribution in [0.15, 0.2) is 48.5 Å². The lowest BCUT2D eigenvalue weighted by Gasteiger charge is -2.37. The maximum Gasteiger partial charge on any atom is 0.416 e. The quantitative estimate of drug-likeness (QED) is 0.791. The molecule has 1 heterocycles. The third-order valence-corrected chi connectivity index (χ3v) is 5.26. The van der Waals surface area contributed by atoms with E-state index in [2.05, 4.69) is 5.32 Å². The zero-order valence-corrected chi connectivity index (χ0v) is 12.9. The molecule has 4 atom stereocenters. The predicted octanol–water partition coefficient (Wildman–Crippen LogP) is 4.73. The fourth-order valence-corrected chi connectivity index (χ4v) is 4.21. The molecule has 0 aromatic heterocycles. The van der Waals surface area contributed by atoms with Crippen molar-refractivity contribution in [2.75, 3.05) is 5.32 Å². The fraction of sp³-hybridized carbons (Fsp3) is 0.368. The van der Waals surface area contributed by atoms with Crippen LogP contribution in [0.3, 0.4) is 0 Å². The average molecular weight is 333 g/mol. The topological polar surface area (TPSA) is 32.3 Å². The second-order valence-electron chi connectivity index (χ2n) is 6.73. The van der Waals surface area contributed by atoms with Gasteiger partial charge >= 0.3 is 6.18 Å². The molecule has 1 aliphatic carbocycles. The Morgan fingerprint density at radius 1 is 1.00 bits per heavy atom. The molecule has 0 saturated heterocycles. The number of hydrogen-bond acceptors (Lipinski definition) is 2. The van der Waals surface area contributed by atoms with E-state index in [9.17, 15) is 18.3 Å². The minimum atomic E-state index is -4.35. The molecule has 5 heteroatoms. The van der Waals surface area contributed by atoms with Gasteiger partial charge in [-0.3, -0.25) is 0 Å². The number of halogens is 3. The van der Waals surface area contributed by atoms with E-state index in [0.29, 0.717) is 18.4 Å². The molecule has 1 fully saturated rings. The van der Waals surface area contributed by atoms with Gasteiger partial charge in [-0.05, 0) is 54.0 Å². The second kappa shape index (κ2) is 5.52. The van der Waals surface area contributed by atoms with Gasteiger partial charge in [-0.15, -0.1) is 0 Å². The third-order valence-electron chi connectivity index (χ3n) is 5.26. The normalized spacial score (nSPS) is 28.8. The maximum atomic E-state index is 13.1. The van der Waals surface area contributed by atoms with Gasteiger partial charge in [0.1, 0.15) is 0 Å². The van der Waals surface area contributed by atoms with Gasteiger partial charge < -0.3 is 10.4 Å². The smallest absolute Gasteiger partial charge is 0.393 e. The summed E-state index contributed by atoms with van der Waals surface area (Å²) < 4.78 is 39.2. The summed E-state index contributed by atoms with van der Waals surface area (Å²) in [5, 5.41) is 13.5. The number of rotatable bonds is 1. The van der Waals surface area contributed by atoms with Crippen LogP contribution in [0.5, 0.6) is 0 Å². The van der Waals surface area contributed by atoms with E-state index in [1.165, 1.54) is 12.1 Å². The van der Waals surface area contributed by atoms with Gasteiger partial charge in [-0.1, -0.05) is 30.3 Å². The lowest BCUT2D eigenvalue weighted by Crippen LogP contribution is -2.29. The Hall–Kier alpha value is -2.01. The molecule has 2 nitrogen and oxygen atoms in total. The number of aliphatic hydroxyl groups is 1. The summed E-state index contributed by atoms with van der Waals surface area (Å²) in [5.74, 6) is 0.0436. The molecule has 0 bridgehead atoms. The van der Waals surface area contributed by atoms with Crippen LogP contribution in [0.2, 0.25) is 0 Å². The molecule has 24 heavy (non-hydrogen) atoms. The second-order valence-corrected chi connectivity index (χ2v) is 6.73. The molecule has 1 saturated carbocycles. The number of anilines is 1. The Morgan fingerprint density at radius 2 is 1.75 bits per heavy atom. The van der Waals surface area contributed by atoms with E-state index in [-0.39, 0.29) is 17.9 Å². The Bertz CT molecular complexity index is 744. The van der Waals surface area contributed by atoms with E-state index in [1.807, 2.05) is 30.3 Å². The van der Waals surface area contributed by atoms with E-state index in [0.717, 1.165) is 17.3 Å². The monoisotopic (exact) mass is 333 g/mol. The van der Waals surface area contributed by atoms with Crippen molar-refractivity contribution in [3.63, 3.8) is 0 Å². The maximum absolute atomic E-state index is 13.1. The lowest BCUT2D eigenvalue weighted by atomic mass is 9.77. The molecule has 2 aliphatic rings. The first-order valence-electron chi connectivity index (χ1n) is 8.14. The Morgan fingerprint density at radius 3 is 2.46 bits per heavy atom.